The van der Waals surface area contributed by atoms with Crippen molar-refractivity contribution in [3.05, 3.63) is 11.3 Å². The first-order valence-corrected chi connectivity index (χ1v) is 27.7. The third-order valence-electron chi connectivity index (χ3n) is 11.9. The van der Waals surface area contributed by atoms with E-state index in [-0.39, 0.29) is 74.8 Å². The molecule has 7 atom stereocenters. The zero-order chi connectivity index (χ0) is 48.2. The van der Waals surface area contributed by atoms with Crippen LogP contribution in [0.15, 0.2) is 10.2 Å². The molecular formula is C36H58Cl2N8O14S4. The lowest BCUT2D eigenvalue weighted by atomic mass is 9.86. The fraction of sp³-hybridized carbons (Fsp3) is 0.833. The van der Waals surface area contributed by atoms with Crippen molar-refractivity contribution in [1.82, 2.24) is 25.3 Å². The summed E-state index contributed by atoms with van der Waals surface area (Å²) in [5.74, 6) is -1.37. The number of amides is 2. The first-order chi connectivity index (χ1) is 29.4. The predicted octanol–water partition coefficient (Wildman–Crippen LogP) is 3.30. The monoisotopic (exact) mass is 1020 g/mol. The summed E-state index contributed by atoms with van der Waals surface area (Å²) in [4.78, 5) is 27.7. The molecule has 3 aliphatic rings. The molecule has 28 heteroatoms. The molecule has 1 heterocycles. The van der Waals surface area contributed by atoms with Gasteiger partial charge in [0.05, 0.1) is 56.1 Å². The maximum absolute atomic E-state index is 13.1. The Kier molecular flexibility index (Phi) is 18.2. The Morgan fingerprint density at radius 2 is 1.38 bits per heavy atom. The molecule has 3 fully saturated rings. The van der Waals surface area contributed by atoms with Gasteiger partial charge in [0.15, 0.2) is 5.82 Å². The molecule has 64 heavy (non-hydrogen) atoms. The van der Waals surface area contributed by atoms with Crippen LogP contribution in [-0.2, 0) is 55.5 Å². The number of carbonyl (C=O) groups excluding carboxylic acids is 2. The quantitative estimate of drug-likeness (QED) is 0.0532. The number of nitriles is 1. The van der Waals surface area contributed by atoms with Gasteiger partial charge in [0.1, 0.15) is 11.6 Å². The molecule has 0 aromatic carbocycles. The van der Waals surface area contributed by atoms with Gasteiger partial charge in [-0.3, -0.25) is 27.8 Å². The van der Waals surface area contributed by atoms with E-state index in [0.717, 1.165) is 0 Å². The van der Waals surface area contributed by atoms with Crippen LogP contribution < -0.4 is 10.6 Å². The average Bonchev–Trinajstić information content (AvgIpc) is 3.51. The summed E-state index contributed by atoms with van der Waals surface area (Å²) in [5, 5.41) is 23.7. The van der Waals surface area contributed by atoms with Crippen molar-refractivity contribution in [3.63, 3.8) is 0 Å². The molecule has 3 saturated carbocycles. The van der Waals surface area contributed by atoms with Crippen LogP contribution >= 0.6 is 23.2 Å². The normalized spacial score (nSPS) is 28.8. The van der Waals surface area contributed by atoms with E-state index in [1.54, 1.807) is 0 Å². The van der Waals surface area contributed by atoms with Crippen LogP contribution in [0, 0.1) is 11.3 Å². The third kappa shape index (κ3) is 15.2. The molecule has 364 valence electrons. The molecule has 0 spiro atoms. The van der Waals surface area contributed by atoms with Crippen molar-refractivity contribution in [2.45, 2.75) is 167 Å². The molecule has 1 aromatic rings. The molecule has 6 N–H and O–H groups in total. The minimum Gasteiger partial charge on any atom is -0.353 e. The summed E-state index contributed by atoms with van der Waals surface area (Å²) < 4.78 is 134. The lowest BCUT2D eigenvalue weighted by Crippen LogP contribution is -2.51. The van der Waals surface area contributed by atoms with Gasteiger partial charge in [-0.15, -0.1) is 28.3 Å². The van der Waals surface area contributed by atoms with Gasteiger partial charge in [-0.2, -0.15) is 49.1 Å². The van der Waals surface area contributed by atoms with Crippen molar-refractivity contribution in [3.8, 4) is 6.07 Å². The molecule has 1 aromatic heterocycles. The lowest BCUT2D eigenvalue weighted by Gasteiger charge is -2.40. The minimum absolute atomic E-state index is 0.0247. The Morgan fingerprint density at radius 1 is 0.828 bits per heavy atom. The van der Waals surface area contributed by atoms with Gasteiger partial charge in [0.2, 0.25) is 11.8 Å². The SMILES string of the molecule is CC(=O)NC1CC(N(CCCCS(=O)(=O)O)CCCC(=O)NC2CC(S(=O)(=O)O)CC(S(=O)(=O)O)C2)CCC1N=Nc1c(C#N)c(C(C)(C)C)nn1C1C(Cl)CC(S(=O)(=O)O)CC1Cl. The number of hydrogen-bond donors (Lipinski definition) is 6. The van der Waals surface area contributed by atoms with Crippen LogP contribution in [0.25, 0.3) is 0 Å². The van der Waals surface area contributed by atoms with Crippen LogP contribution in [0.3, 0.4) is 0 Å². The number of alkyl halides is 2. The summed E-state index contributed by atoms with van der Waals surface area (Å²) in [6.45, 7) is 7.45. The Balaban J connectivity index is 1.55. The first kappa shape index (κ1) is 54.0. The van der Waals surface area contributed by atoms with E-state index in [0.29, 0.717) is 37.9 Å². The van der Waals surface area contributed by atoms with E-state index in [2.05, 4.69) is 26.9 Å². The van der Waals surface area contributed by atoms with Gasteiger partial charge in [-0.05, 0) is 83.7 Å². The number of nitrogens with one attached hydrogen (secondary N) is 2. The fourth-order valence-electron chi connectivity index (χ4n) is 8.80. The summed E-state index contributed by atoms with van der Waals surface area (Å²) in [6, 6.07) is -1.18. The van der Waals surface area contributed by atoms with Crippen molar-refractivity contribution < 1.29 is 61.5 Å². The highest BCUT2D eigenvalue weighted by molar-refractivity contribution is 7.87. The highest BCUT2D eigenvalue weighted by Gasteiger charge is 2.45. The van der Waals surface area contributed by atoms with Gasteiger partial charge in [0, 0.05) is 30.8 Å². The summed E-state index contributed by atoms with van der Waals surface area (Å²) in [7, 11) is -18.1. The van der Waals surface area contributed by atoms with Gasteiger partial charge >= 0.3 is 0 Å². The zero-order valence-corrected chi connectivity index (χ0v) is 40.6. The largest absolute Gasteiger partial charge is 0.353 e. The van der Waals surface area contributed by atoms with Gasteiger partial charge < -0.3 is 15.5 Å². The minimum atomic E-state index is -4.68. The standard InChI is InChI=1S/C36H58Cl2N8O14S4/c1-21(47)40-31-16-23(45(11-5-6-13-61(49,50)51)12-7-8-32(48)41-22-14-24(62(52,53)54)17-25(15-22)63(55,56)57)9-10-30(31)42-43-35-27(20-39)34(36(2,3)4)44-46(35)33-28(37)18-26(19-29(33)38)64(58,59)60/h22-26,28-31,33H,5-19H2,1-4H3,(H,40,47)(H,41,48)(H,49,50,51)(H,52,53,54)(H,55,56,57)(H,58,59,60). The van der Waals surface area contributed by atoms with E-state index < -0.39 is 115 Å². The Labute approximate surface area is 384 Å². The number of halogens is 2. The van der Waals surface area contributed by atoms with Crippen molar-refractivity contribution in [1.29, 1.82) is 5.26 Å². The second-order valence-electron chi connectivity index (χ2n) is 17.9. The molecule has 0 bridgehead atoms. The van der Waals surface area contributed by atoms with E-state index in [4.69, 9.17) is 28.3 Å². The van der Waals surface area contributed by atoms with E-state index in [1.165, 1.54) is 11.6 Å². The highest BCUT2D eigenvalue weighted by atomic mass is 35.5. The second-order valence-corrected chi connectivity index (χ2v) is 25.7. The smallest absolute Gasteiger partial charge is 0.267 e. The zero-order valence-electron chi connectivity index (χ0n) is 35.8. The molecule has 0 saturated heterocycles. The number of rotatable bonds is 18. The molecular weight excluding hydrogens is 968 g/mol. The summed E-state index contributed by atoms with van der Waals surface area (Å²) in [5.41, 5.74) is -0.227. The molecule has 2 amide bonds. The molecule has 4 rings (SSSR count). The van der Waals surface area contributed by atoms with E-state index in [9.17, 15) is 66.7 Å². The second kappa shape index (κ2) is 21.6. The Bertz CT molecular complexity index is 2320. The summed E-state index contributed by atoms with van der Waals surface area (Å²) >= 11 is 13.5. The van der Waals surface area contributed by atoms with Crippen molar-refractivity contribution in [2.75, 3.05) is 18.8 Å². The number of carbonyl (C=O) groups is 2. The molecule has 7 unspecified atom stereocenters. The van der Waals surface area contributed by atoms with Crippen molar-refractivity contribution in [2.24, 2.45) is 10.2 Å². The number of nitrogens with zero attached hydrogens (tertiary/aromatic N) is 6. The number of azo groups is 1. The van der Waals surface area contributed by atoms with Gasteiger partial charge in [-0.25, -0.2) is 4.68 Å². The van der Waals surface area contributed by atoms with Crippen molar-refractivity contribution >= 4 is 81.3 Å². The average molecular weight is 1030 g/mol. The van der Waals surface area contributed by atoms with Gasteiger partial charge in [-0.1, -0.05) is 20.8 Å². The number of hydrogen-bond acceptors (Lipinski definition) is 15. The summed E-state index contributed by atoms with van der Waals surface area (Å²) in [6.07, 6.45) is 0.358. The Morgan fingerprint density at radius 3 is 1.88 bits per heavy atom. The highest BCUT2D eigenvalue weighted by Crippen LogP contribution is 2.43. The topological polar surface area (TPSA) is 345 Å². The van der Waals surface area contributed by atoms with Crippen LogP contribution in [-0.4, -0.2) is 148 Å². The van der Waals surface area contributed by atoms with E-state index >= 15 is 0 Å². The van der Waals surface area contributed by atoms with Crippen LogP contribution in [0.1, 0.15) is 122 Å². The maximum Gasteiger partial charge on any atom is 0.267 e. The van der Waals surface area contributed by atoms with Crippen LogP contribution in [0.4, 0.5) is 5.82 Å². The fourth-order valence-corrected chi connectivity index (χ4v) is 13.6. The lowest BCUT2D eigenvalue weighted by molar-refractivity contribution is -0.122. The van der Waals surface area contributed by atoms with E-state index in [1.807, 2.05) is 25.7 Å². The molecule has 0 aliphatic heterocycles. The Hall–Kier alpha value is -2.58. The number of aromatic nitrogens is 2. The number of unbranched alkanes of at least 4 members (excludes halogenated alkanes) is 1. The van der Waals surface area contributed by atoms with Crippen LogP contribution in [0.5, 0.6) is 0 Å². The molecule has 3 aliphatic carbocycles. The van der Waals surface area contributed by atoms with Gasteiger partial charge in [0.25, 0.3) is 40.5 Å². The van der Waals surface area contributed by atoms with Crippen LogP contribution in [0.2, 0.25) is 0 Å². The molecule has 22 nitrogen and oxygen atoms in total. The predicted molar refractivity (Wildman–Crippen MR) is 235 cm³/mol. The maximum atomic E-state index is 13.1. The molecule has 0 radical (unpaired) electrons. The third-order valence-corrected chi connectivity index (χ3v) is 17.3. The first-order valence-electron chi connectivity index (χ1n) is 20.8.